The van der Waals surface area contributed by atoms with Crippen LogP contribution in [0, 0.1) is 14.9 Å². The third-order valence-corrected chi connectivity index (χ3v) is 5.25. The van der Waals surface area contributed by atoms with Gasteiger partial charge < -0.3 is 5.32 Å². The van der Waals surface area contributed by atoms with Crippen LogP contribution in [0.3, 0.4) is 0 Å². The van der Waals surface area contributed by atoms with E-state index in [1.54, 1.807) is 19.1 Å². The Balaban J connectivity index is 1.71. The van der Waals surface area contributed by atoms with Gasteiger partial charge >= 0.3 is 6.18 Å². The Labute approximate surface area is 187 Å². The maximum Gasteiger partial charge on any atom is 0.416 e. The number of nitrogens with zero attached hydrogens (tertiary/aromatic N) is 7. The summed E-state index contributed by atoms with van der Waals surface area (Å²) in [5.74, 6) is 1.15. The lowest BCUT2D eigenvalue weighted by Gasteiger charge is -2.17. The van der Waals surface area contributed by atoms with Crippen LogP contribution in [0.2, 0.25) is 0 Å². The molecule has 1 aromatic carbocycles. The van der Waals surface area contributed by atoms with Crippen LogP contribution >= 0.6 is 22.6 Å². The molecule has 0 bridgehead atoms. The number of rotatable bonds is 4. The monoisotopic (exact) mass is 536 g/mol. The Hall–Kier alpha value is -3.34. The number of anilines is 1. The molecule has 0 aliphatic carbocycles. The summed E-state index contributed by atoms with van der Waals surface area (Å²) in [5.41, 5.74) is 0.0347. The van der Waals surface area contributed by atoms with Crippen molar-refractivity contribution in [2.24, 2.45) is 0 Å². The van der Waals surface area contributed by atoms with Crippen LogP contribution in [0.5, 0.6) is 0 Å². The largest absolute Gasteiger partial charge is 0.416 e. The molecule has 156 valence electrons. The number of alkyl halides is 3. The number of hydrogen-bond acceptors (Lipinski definition) is 7. The molecule has 0 aliphatic heterocycles. The van der Waals surface area contributed by atoms with Gasteiger partial charge in [0, 0.05) is 15.2 Å². The second-order valence-corrected chi connectivity index (χ2v) is 7.65. The fraction of sp³-hybridized carbons (Fsp3) is 0.158. The van der Waals surface area contributed by atoms with Crippen molar-refractivity contribution in [3.8, 4) is 11.9 Å². The van der Waals surface area contributed by atoms with Crippen molar-refractivity contribution in [3.63, 3.8) is 0 Å². The lowest BCUT2D eigenvalue weighted by atomic mass is 10.1. The van der Waals surface area contributed by atoms with Crippen molar-refractivity contribution < 1.29 is 13.2 Å². The van der Waals surface area contributed by atoms with Gasteiger partial charge in [-0.2, -0.15) is 28.2 Å². The molecular formula is C19H12F3IN8. The first kappa shape index (κ1) is 20.9. The molecule has 4 rings (SSSR count). The normalized spacial score (nSPS) is 12.5. The van der Waals surface area contributed by atoms with E-state index in [9.17, 15) is 13.2 Å². The Morgan fingerprint density at radius 2 is 1.94 bits per heavy atom. The van der Waals surface area contributed by atoms with Crippen LogP contribution < -0.4 is 5.32 Å². The smallest absolute Gasteiger partial charge is 0.360 e. The zero-order valence-corrected chi connectivity index (χ0v) is 17.9. The fourth-order valence-electron chi connectivity index (χ4n) is 2.97. The lowest BCUT2D eigenvalue weighted by molar-refractivity contribution is -0.137. The Bertz CT molecular complexity index is 1290. The molecule has 1 atom stereocenters. The zero-order chi connectivity index (χ0) is 22.2. The minimum Gasteiger partial charge on any atom is -0.360 e. The molecule has 12 heteroatoms. The number of fused-ring (bicyclic) bond motifs is 1. The number of hydrogen-bond donors (Lipinski definition) is 1. The Kier molecular flexibility index (Phi) is 5.44. The molecule has 4 aromatic rings. The fourth-order valence-corrected chi connectivity index (χ4v) is 3.74. The van der Waals surface area contributed by atoms with Gasteiger partial charge in [-0.3, -0.25) is 0 Å². The van der Waals surface area contributed by atoms with E-state index in [-0.39, 0.29) is 11.2 Å². The average Bonchev–Trinajstić information content (AvgIpc) is 3.23. The van der Waals surface area contributed by atoms with Crippen LogP contribution in [-0.4, -0.2) is 29.7 Å². The third kappa shape index (κ3) is 4.13. The Morgan fingerprint density at radius 3 is 2.61 bits per heavy atom. The number of nitrogens with one attached hydrogen (secondary N) is 1. The van der Waals surface area contributed by atoms with E-state index in [2.05, 4.69) is 30.4 Å². The third-order valence-electron chi connectivity index (χ3n) is 4.43. The van der Waals surface area contributed by atoms with E-state index in [0.717, 1.165) is 12.1 Å². The van der Waals surface area contributed by atoms with E-state index in [4.69, 9.17) is 5.26 Å². The number of halogens is 4. The van der Waals surface area contributed by atoms with E-state index in [1.807, 2.05) is 28.7 Å². The van der Waals surface area contributed by atoms with E-state index >= 15 is 0 Å². The minimum absolute atomic E-state index is 0.240. The first-order valence-electron chi connectivity index (χ1n) is 8.82. The maximum absolute atomic E-state index is 13.3. The first-order valence-corrected chi connectivity index (χ1v) is 9.90. The number of pyridine rings is 1. The lowest BCUT2D eigenvalue weighted by Crippen LogP contribution is -2.16. The molecule has 0 unspecified atom stereocenters. The van der Waals surface area contributed by atoms with Crippen molar-refractivity contribution in [2.45, 2.75) is 19.1 Å². The van der Waals surface area contributed by atoms with Gasteiger partial charge in [-0.05, 0) is 53.8 Å². The van der Waals surface area contributed by atoms with Crippen LogP contribution in [0.4, 0.5) is 19.0 Å². The van der Waals surface area contributed by atoms with Crippen LogP contribution in [0.1, 0.15) is 29.9 Å². The summed E-state index contributed by atoms with van der Waals surface area (Å²) in [7, 11) is 0. The molecule has 8 nitrogen and oxygen atoms in total. The number of nitriles is 1. The van der Waals surface area contributed by atoms with Gasteiger partial charge in [-0.25, -0.2) is 19.9 Å². The number of benzene rings is 1. The van der Waals surface area contributed by atoms with Crippen molar-refractivity contribution in [2.75, 3.05) is 5.32 Å². The van der Waals surface area contributed by atoms with Gasteiger partial charge in [0.25, 0.3) is 0 Å². The highest BCUT2D eigenvalue weighted by Crippen LogP contribution is 2.35. The summed E-state index contributed by atoms with van der Waals surface area (Å²) in [6.45, 7) is 1.77. The Morgan fingerprint density at radius 1 is 1.13 bits per heavy atom. The standard InChI is InChI=1S/C19H12F3IN8/c1-10(18-28-9-29-31(18)15-3-2-11(6-24)7-25-15)30-17-13-4-12(19(20,21)22)5-14(23)16(13)26-8-27-17/h2-5,7-10H,1H3,(H,26,27,30)/t10-/m0/s1. The van der Waals surface area contributed by atoms with Gasteiger partial charge in [0.2, 0.25) is 0 Å². The minimum atomic E-state index is -4.49. The van der Waals surface area contributed by atoms with Crippen LogP contribution in [0.25, 0.3) is 16.7 Å². The predicted octanol–water partition coefficient (Wildman–Crippen LogP) is 4.27. The molecule has 0 saturated heterocycles. The summed E-state index contributed by atoms with van der Waals surface area (Å²) in [5, 5.41) is 16.4. The van der Waals surface area contributed by atoms with E-state index < -0.39 is 17.8 Å². The summed E-state index contributed by atoms with van der Waals surface area (Å²) < 4.78 is 41.7. The second kappa shape index (κ2) is 8.06. The number of aromatic nitrogens is 6. The molecule has 0 saturated carbocycles. The van der Waals surface area contributed by atoms with Gasteiger partial charge in [0.05, 0.1) is 22.7 Å². The molecule has 0 radical (unpaired) electrons. The molecule has 3 heterocycles. The molecule has 0 amide bonds. The SMILES string of the molecule is C[C@H](Nc1ncnc2c(I)cc(C(F)(F)F)cc12)c1ncnn1-c1ccc(C#N)cn1. The quantitative estimate of drug-likeness (QED) is 0.389. The van der Waals surface area contributed by atoms with Gasteiger partial charge in [-0.15, -0.1) is 0 Å². The van der Waals surface area contributed by atoms with E-state index in [0.29, 0.717) is 26.3 Å². The molecule has 3 aromatic heterocycles. The van der Waals surface area contributed by atoms with E-state index in [1.165, 1.54) is 23.5 Å². The van der Waals surface area contributed by atoms with Crippen molar-refractivity contribution in [1.82, 2.24) is 29.7 Å². The maximum atomic E-state index is 13.3. The molecule has 0 fully saturated rings. The first-order chi connectivity index (χ1) is 14.8. The van der Waals surface area contributed by atoms with Gasteiger partial charge in [0.1, 0.15) is 24.5 Å². The van der Waals surface area contributed by atoms with Crippen molar-refractivity contribution in [1.29, 1.82) is 5.26 Å². The zero-order valence-electron chi connectivity index (χ0n) is 15.8. The second-order valence-electron chi connectivity index (χ2n) is 6.49. The van der Waals surface area contributed by atoms with Crippen molar-refractivity contribution in [3.05, 3.63) is 63.6 Å². The molecule has 0 aliphatic rings. The highest BCUT2D eigenvalue weighted by atomic mass is 127. The predicted molar refractivity (Wildman–Crippen MR) is 113 cm³/mol. The van der Waals surface area contributed by atoms with Gasteiger partial charge in [0.15, 0.2) is 11.6 Å². The molecule has 1 N–H and O–H groups in total. The summed E-state index contributed by atoms with van der Waals surface area (Å²) in [6.07, 6.45) is -0.443. The van der Waals surface area contributed by atoms with Crippen molar-refractivity contribution >= 4 is 39.3 Å². The van der Waals surface area contributed by atoms with Crippen LogP contribution in [0.15, 0.2) is 43.1 Å². The highest BCUT2D eigenvalue weighted by Gasteiger charge is 2.32. The highest BCUT2D eigenvalue weighted by molar-refractivity contribution is 14.1. The van der Waals surface area contributed by atoms with Crippen LogP contribution in [-0.2, 0) is 6.18 Å². The molecule has 0 spiro atoms. The summed E-state index contributed by atoms with van der Waals surface area (Å²) in [6, 6.07) is 6.82. The molecular weight excluding hydrogens is 524 g/mol. The average molecular weight is 536 g/mol. The summed E-state index contributed by atoms with van der Waals surface area (Å²) >= 11 is 1.83. The topological polar surface area (TPSA) is 105 Å². The molecule has 31 heavy (non-hydrogen) atoms. The van der Waals surface area contributed by atoms with Gasteiger partial charge in [-0.1, -0.05) is 0 Å². The summed E-state index contributed by atoms with van der Waals surface area (Å²) in [4.78, 5) is 16.7.